The number of rotatable bonds is 6. The number of nitrogens with one attached hydrogen (secondary N) is 1. The van der Waals surface area contributed by atoms with Crippen LogP contribution in [0.5, 0.6) is 0 Å². The molecule has 2 aromatic rings. The summed E-state index contributed by atoms with van der Waals surface area (Å²) in [4.78, 5) is 23.3. The maximum Gasteiger partial charge on any atom is 0.305 e. The van der Waals surface area contributed by atoms with Crippen molar-refractivity contribution in [2.24, 2.45) is 0 Å². The van der Waals surface area contributed by atoms with Crippen LogP contribution in [0.2, 0.25) is 0 Å². The van der Waals surface area contributed by atoms with E-state index >= 15 is 0 Å². The molecule has 1 aromatic heterocycles. The first-order chi connectivity index (χ1) is 10.1. The van der Waals surface area contributed by atoms with Crippen molar-refractivity contribution in [2.75, 3.05) is 0 Å². The van der Waals surface area contributed by atoms with Gasteiger partial charge in [-0.25, -0.2) is 0 Å². The Labute approximate surface area is 127 Å². The van der Waals surface area contributed by atoms with E-state index in [-0.39, 0.29) is 18.2 Å². The summed E-state index contributed by atoms with van der Waals surface area (Å²) < 4.78 is 0. The lowest BCUT2D eigenvalue weighted by Gasteiger charge is -2.20. The minimum atomic E-state index is -0.938. The van der Waals surface area contributed by atoms with Crippen LogP contribution in [-0.2, 0) is 9.59 Å². The summed E-state index contributed by atoms with van der Waals surface area (Å²) in [5, 5.41) is 15.7. The molecule has 5 heteroatoms. The fourth-order valence-corrected chi connectivity index (χ4v) is 2.84. The number of carboxylic acids is 1. The summed E-state index contributed by atoms with van der Waals surface area (Å²) in [6, 6.07) is 10.6. The summed E-state index contributed by atoms with van der Waals surface area (Å²) in [5.74, 6) is -1.40. The predicted molar refractivity (Wildman–Crippen MR) is 82.3 cm³/mol. The average molecular weight is 303 g/mol. The first-order valence-corrected chi connectivity index (χ1v) is 7.61. The summed E-state index contributed by atoms with van der Waals surface area (Å²) in [6.45, 7) is 1.82. The third kappa shape index (κ3) is 4.16. The Morgan fingerprint density at radius 3 is 2.48 bits per heavy atom. The maximum atomic E-state index is 12.3. The molecule has 4 nitrogen and oxygen atoms in total. The molecule has 0 aliphatic rings. The molecule has 2 N–H and O–H groups in total. The van der Waals surface area contributed by atoms with Gasteiger partial charge in [0.2, 0.25) is 5.91 Å². The Morgan fingerprint density at radius 2 is 1.90 bits per heavy atom. The normalized spacial score (nSPS) is 13.4. The van der Waals surface area contributed by atoms with Crippen LogP contribution in [0.15, 0.2) is 47.2 Å². The maximum absolute atomic E-state index is 12.3. The zero-order valence-corrected chi connectivity index (χ0v) is 12.5. The number of hydrogen-bond acceptors (Lipinski definition) is 3. The minimum absolute atomic E-state index is 0.133. The van der Waals surface area contributed by atoms with Gasteiger partial charge in [0.1, 0.15) is 0 Å². The SMILES string of the molecule is C[C@@H](C(=O)N[C@H](CC(=O)O)c1ccccc1)c1ccsc1. The number of carbonyl (C=O) groups excluding carboxylic acids is 1. The van der Waals surface area contributed by atoms with Gasteiger partial charge in [0, 0.05) is 0 Å². The second kappa shape index (κ2) is 7.04. The highest BCUT2D eigenvalue weighted by atomic mass is 32.1. The molecule has 0 unspecified atom stereocenters. The van der Waals surface area contributed by atoms with Crippen molar-refractivity contribution >= 4 is 23.2 Å². The van der Waals surface area contributed by atoms with E-state index in [2.05, 4.69) is 5.32 Å². The zero-order valence-electron chi connectivity index (χ0n) is 11.7. The fourth-order valence-electron chi connectivity index (χ4n) is 2.08. The smallest absolute Gasteiger partial charge is 0.305 e. The quantitative estimate of drug-likeness (QED) is 0.861. The average Bonchev–Trinajstić information content (AvgIpc) is 3.00. The van der Waals surface area contributed by atoms with Gasteiger partial charge in [-0.2, -0.15) is 11.3 Å². The molecule has 2 rings (SSSR count). The van der Waals surface area contributed by atoms with Gasteiger partial charge in [0.15, 0.2) is 0 Å². The second-order valence-electron chi connectivity index (χ2n) is 4.85. The lowest BCUT2D eigenvalue weighted by atomic mass is 10.00. The van der Waals surface area contributed by atoms with Crippen LogP contribution < -0.4 is 5.32 Å². The van der Waals surface area contributed by atoms with Gasteiger partial charge >= 0.3 is 5.97 Å². The number of amides is 1. The number of thiophene rings is 1. The van der Waals surface area contributed by atoms with E-state index in [0.29, 0.717) is 0 Å². The molecule has 0 saturated carbocycles. The number of carboxylic acid groups (broad SMARTS) is 1. The topological polar surface area (TPSA) is 66.4 Å². The van der Waals surface area contributed by atoms with Crippen LogP contribution in [0, 0.1) is 0 Å². The Balaban J connectivity index is 2.11. The number of benzene rings is 1. The van der Waals surface area contributed by atoms with Crippen LogP contribution >= 0.6 is 11.3 Å². The van der Waals surface area contributed by atoms with Crippen LogP contribution in [-0.4, -0.2) is 17.0 Å². The Bertz CT molecular complexity index is 595. The Hall–Kier alpha value is -2.14. The van der Waals surface area contributed by atoms with E-state index in [4.69, 9.17) is 5.11 Å². The van der Waals surface area contributed by atoms with E-state index in [0.717, 1.165) is 11.1 Å². The molecular weight excluding hydrogens is 286 g/mol. The molecule has 0 fully saturated rings. The molecule has 1 heterocycles. The largest absolute Gasteiger partial charge is 0.481 e. The summed E-state index contributed by atoms with van der Waals surface area (Å²) in [6.07, 6.45) is -0.133. The third-order valence-electron chi connectivity index (χ3n) is 3.33. The van der Waals surface area contributed by atoms with Gasteiger partial charge in [0.05, 0.1) is 18.4 Å². The molecule has 0 spiro atoms. The van der Waals surface area contributed by atoms with Gasteiger partial charge in [-0.3, -0.25) is 9.59 Å². The van der Waals surface area contributed by atoms with E-state index in [1.165, 1.54) is 11.3 Å². The van der Waals surface area contributed by atoms with Crippen molar-refractivity contribution in [1.29, 1.82) is 0 Å². The molecule has 0 bridgehead atoms. The lowest BCUT2D eigenvalue weighted by molar-refractivity contribution is -0.137. The van der Waals surface area contributed by atoms with E-state index in [9.17, 15) is 9.59 Å². The first kappa shape index (κ1) is 15.3. The third-order valence-corrected chi connectivity index (χ3v) is 4.04. The van der Waals surface area contributed by atoms with E-state index in [1.807, 2.05) is 54.1 Å². The zero-order chi connectivity index (χ0) is 15.2. The molecule has 21 heavy (non-hydrogen) atoms. The Morgan fingerprint density at radius 1 is 1.19 bits per heavy atom. The Kier molecular flexibility index (Phi) is 5.11. The monoisotopic (exact) mass is 303 g/mol. The molecule has 0 aliphatic carbocycles. The van der Waals surface area contributed by atoms with Crippen LogP contribution in [0.25, 0.3) is 0 Å². The molecule has 0 saturated heterocycles. The first-order valence-electron chi connectivity index (χ1n) is 6.67. The van der Waals surface area contributed by atoms with Crippen molar-refractivity contribution in [2.45, 2.75) is 25.3 Å². The number of hydrogen-bond donors (Lipinski definition) is 2. The van der Waals surface area contributed by atoms with Gasteiger partial charge in [0.25, 0.3) is 0 Å². The summed E-state index contributed by atoms with van der Waals surface area (Å²) in [5.41, 5.74) is 1.74. The minimum Gasteiger partial charge on any atom is -0.481 e. The standard InChI is InChI=1S/C16H17NO3S/c1-11(13-7-8-21-10-13)16(20)17-14(9-15(18)19)12-5-3-2-4-6-12/h2-8,10-11,14H,9H2,1H3,(H,17,20)(H,18,19)/t11-,14-/m1/s1. The highest BCUT2D eigenvalue weighted by Crippen LogP contribution is 2.22. The molecule has 0 radical (unpaired) electrons. The van der Waals surface area contributed by atoms with Gasteiger partial charge in [-0.05, 0) is 34.9 Å². The van der Waals surface area contributed by atoms with Crippen LogP contribution in [0.1, 0.15) is 36.4 Å². The fraction of sp³-hybridized carbons (Fsp3) is 0.250. The van der Waals surface area contributed by atoms with E-state index < -0.39 is 12.0 Å². The highest BCUT2D eigenvalue weighted by molar-refractivity contribution is 7.08. The molecular formula is C16H17NO3S. The molecule has 0 aliphatic heterocycles. The van der Waals surface area contributed by atoms with Gasteiger partial charge in [-0.15, -0.1) is 0 Å². The predicted octanol–water partition coefficient (Wildman–Crippen LogP) is 3.18. The van der Waals surface area contributed by atoms with Crippen molar-refractivity contribution < 1.29 is 14.7 Å². The lowest BCUT2D eigenvalue weighted by Crippen LogP contribution is -2.33. The van der Waals surface area contributed by atoms with E-state index in [1.54, 1.807) is 0 Å². The van der Waals surface area contributed by atoms with Gasteiger partial charge in [-0.1, -0.05) is 30.3 Å². The molecule has 1 amide bonds. The molecule has 2 atom stereocenters. The summed E-state index contributed by atoms with van der Waals surface area (Å²) in [7, 11) is 0. The van der Waals surface area contributed by atoms with Crippen molar-refractivity contribution in [1.82, 2.24) is 5.32 Å². The van der Waals surface area contributed by atoms with Crippen molar-refractivity contribution in [3.63, 3.8) is 0 Å². The van der Waals surface area contributed by atoms with Crippen molar-refractivity contribution in [3.05, 3.63) is 58.3 Å². The van der Waals surface area contributed by atoms with Crippen LogP contribution in [0.4, 0.5) is 0 Å². The summed E-state index contributed by atoms with van der Waals surface area (Å²) >= 11 is 1.54. The van der Waals surface area contributed by atoms with Gasteiger partial charge < -0.3 is 10.4 Å². The molecule has 1 aromatic carbocycles. The van der Waals surface area contributed by atoms with Crippen molar-refractivity contribution in [3.8, 4) is 0 Å². The number of aliphatic carboxylic acids is 1. The second-order valence-corrected chi connectivity index (χ2v) is 5.63. The number of carbonyl (C=O) groups is 2. The highest BCUT2D eigenvalue weighted by Gasteiger charge is 2.22. The van der Waals surface area contributed by atoms with Crippen LogP contribution in [0.3, 0.4) is 0 Å². The molecule has 110 valence electrons.